The molecule has 118 valence electrons. The van der Waals surface area contributed by atoms with Crippen molar-refractivity contribution in [3.63, 3.8) is 0 Å². The average molecular weight is 311 g/mol. The Labute approximate surface area is 134 Å². The zero-order valence-corrected chi connectivity index (χ0v) is 13.8. The van der Waals surface area contributed by atoms with Crippen LogP contribution < -0.4 is 11.1 Å². The van der Waals surface area contributed by atoms with Crippen molar-refractivity contribution in [2.24, 2.45) is 11.7 Å². The number of hydrogen-bond acceptors (Lipinski definition) is 2. The summed E-state index contributed by atoms with van der Waals surface area (Å²) >= 11 is 0. The van der Waals surface area contributed by atoms with Gasteiger partial charge in [-0.25, -0.2) is 0 Å². The molecular formula is C17H27ClN2O. The quantitative estimate of drug-likeness (QED) is 0.898. The molecule has 2 unspecified atom stereocenters. The smallest absolute Gasteiger partial charge is 0.223 e. The zero-order chi connectivity index (χ0) is 14.6. The molecule has 1 saturated carbocycles. The summed E-state index contributed by atoms with van der Waals surface area (Å²) in [5, 5.41) is 3.12. The Morgan fingerprint density at radius 3 is 2.57 bits per heavy atom. The number of halogens is 1. The molecule has 0 heterocycles. The van der Waals surface area contributed by atoms with Crippen LogP contribution in [0.1, 0.15) is 45.1 Å². The molecule has 0 saturated heterocycles. The monoisotopic (exact) mass is 310 g/mol. The zero-order valence-electron chi connectivity index (χ0n) is 13.0. The second-order valence-corrected chi connectivity index (χ2v) is 6.59. The normalized spacial score (nSPS) is 22.2. The maximum absolute atomic E-state index is 12.3. The second kappa shape index (κ2) is 7.81. The molecule has 0 aromatic heterocycles. The Morgan fingerprint density at radius 1 is 1.29 bits per heavy atom. The maximum atomic E-state index is 12.3. The lowest BCUT2D eigenvalue weighted by Gasteiger charge is -2.29. The van der Waals surface area contributed by atoms with Crippen LogP contribution in [0, 0.1) is 5.92 Å². The van der Waals surface area contributed by atoms with Gasteiger partial charge in [-0.1, -0.05) is 50.6 Å². The summed E-state index contributed by atoms with van der Waals surface area (Å²) in [6.07, 6.45) is 3.93. The van der Waals surface area contributed by atoms with Gasteiger partial charge in [0.2, 0.25) is 5.91 Å². The summed E-state index contributed by atoms with van der Waals surface area (Å²) in [6, 6.07) is 10.5. The van der Waals surface area contributed by atoms with Crippen molar-refractivity contribution in [2.75, 3.05) is 6.54 Å². The van der Waals surface area contributed by atoms with Crippen LogP contribution in [0.2, 0.25) is 0 Å². The lowest BCUT2D eigenvalue weighted by atomic mass is 9.83. The van der Waals surface area contributed by atoms with Crippen molar-refractivity contribution in [2.45, 2.75) is 51.0 Å². The van der Waals surface area contributed by atoms with Gasteiger partial charge in [0.1, 0.15) is 0 Å². The van der Waals surface area contributed by atoms with Gasteiger partial charge in [0, 0.05) is 23.9 Å². The van der Waals surface area contributed by atoms with Gasteiger partial charge >= 0.3 is 0 Å². The van der Waals surface area contributed by atoms with Gasteiger partial charge in [-0.2, -0.15) is 0 Å². The van der Waals surface area contributed by atoms with Gasteiger partial charge in [0.15, 0.2) is 0 Å². The van der Waals surface area contributed by atoms with Gasteiger partial charge < -0.3 is 11.1 Å². The van der Waals surface area contributed by atoms with Crippen LogP contribution in [0.25, 0.3) is 0 Å². The van der Waals surface area contributed by atoms with Gasteiger partial charge in [-0.15, -0.1) is 12.4 Å². The molecule has 0 radical (unpaired) electrons. The molecule has 1 aliphatic carbocycles. The number of nitrogens with two attached hydrogens (primary N) is 1. The first-order chi connectivity index (χ1) is 9.49. The van der Waals surface area contributed by atoms with E-state index in [0.29, 0.717) is 6.54 Å². The molecule has 0 aliphatic heterocycles. The van der Waals surface area contributed by atoms with E-state index in [-0.39, 0.29) is 35.7 Å². The minimum absolute atomic E-state index is 0. The molecule has 1 fully saturated rings. The molecule has 21 heavy (non-hydrogen) atoms. The first-order valence-electron chi connectivity index (χ1n) is 7.58. The molecule has 1 aliphatic rings. The summed E-state index contributed by atoms with van der Waals surface area (Å²) in [5.41, 5.74) is 7.16. The minimum Gasteiger partial charge on any atom is -0.355 e. The highest BCUT2D eigenvalue weighted by Crippen LogP contribution is 2.25. The third-order valence-electron chi connectivity index (χ3n) is 4.35. The van der Waals surface area contributed by atoms with Crippen molar-refractivity contribution >= 4 is 18.3 Å². The average Bonchev–Trinajstić information content (AvgIpc) is 2.46. The Hall–Kier alpha value is -1.06. The topological polar surface area (TPSA) is 55.1 Å². The van der Waals surface area contributed by atoms with Crippen molar-refractivity contribution in [3.8, 4) is 0 Å². The summed E-state index contributed by atoms with van der Waals surface area (Å²) in [7, 11) is 0. The van der Waals surface area contributed by atoms with Gasteiger partial charge in [-0.3, -0.25) is 4.79 Å². The first-order valence-corrected chi connectivity index (χ1v) is 7.58. The van der Waals surface area contributed by atoms with E-state index < -0.39 is 0 Å². The SMILES string of the molecule is CC(C)(CNC(=O)C1CCCC(N)C1)c1ccccc1.Cl. The van der Waals surface area contributed by atoms with Crippen LogP contribution in [0.3, 0.4) is 0 Å². The highest BCUT2D eigenvalue weighted by Gasteiger charge is 2.27. The lowest BCUT2D eigenvalue weighted by molar-refractivity contribution is -0.126. The van der Waals surface area contributed by atoms with E-state index in [9.17, 15) is 4.79 Å². The highest BCUT2D eigenvalue weighted by molar-refractivity contribution is 5.85. The van der Waals surface area contributed by atoms with E-state index in [1.165, 1.54) is 5.56 Å². The number of benzene rings is 1. The fraction of sp³-hybridized carbons (Fsp3) is 0.588. The maximum Gasteiger partial charge on any atom is 0.223 e. The van der Waals surface area contributed by atoms with E-state index in [0.717, 1.165) is 25.7 Å². The van der Waals surface area contributed by atoms with Crippen LogP contribution in [0.15, 0.2) is 30.3 Å². The van der Waals surface area contributed by atoms with E-state index >= 15 is 0 Å². The van der Waals surface area contributed by atoms with E-state index in [4.69, 9.17) is 5.73 Å². The number of rotatable bonds is 4. The summed E-state index contributed by atoms with van der Waals surface area (Å²) in [6.45, 7) is 4.99. The molecule has 0 spiro atoms. The molecule has 1 aromatic rings. The van der Waals surface area contributed by atoms with Gasteiger partial charge in [0.05, 0.1) is 0 Å². The van der Waals surface area contributed by atoms with Crippen molar-refractivity contribution in [3.05, 3.63) is 35.9 Å². The largest absolute Gasteiger partial charge is 0.355 e. The van der Waals surface area contributed by atoms with Gasteiger partial charge in [-0.05, 0) is 24.8 Å². The molecule has 0 bridgehead atoms. The lowest BCUT2D eigenvalue weighted by Crippen LogP contribution is -2.42. The molecule has 2 rings (SSSR count). The van der Waals surface area contributed by atoms with E-state index in [1.807, 2.05) is 18.2 Å². The van der Waals surface area contributed by atoms with Crippen LogP contribution >= 0.6 is 12.4 Å². The predicted octanol–water partition coefficient (Wildman–Crippen LogP) is 3.02. The summed E-state index contributed by atoms with van der Waals surface area (Å²) in [5.74, 6) is 0.273. The van der Waals surface area contributed by atoms with Gasteiger partial charge in [0.25, 0.3) is 0 Å². The Bertz CT molecular complexity index is 447. The van der Waals surface area contributed by atoms with Crippen LogP contribution in [-0.4, -0.2) is 18.5 Å². The molecule has 3 nitrogen and oxygen atoms in total. The third-order valence-corrected chi connectivity index (χ3v) is 4.35. The molecule has 4 heteroatoms. The summed E-state index contributed by atoms with van der Waals surface area (Å²) in [4.78, 5) is 12.3. The van der Waals surface area contributed by atoms with Crippen LogP contribution in [-0.2, 0) is 10.2 Å². The molecule has 1 aromatic carbocycles. The minimum atomic E-state index is -0.0479. The third kappa shape index (κ3) is 5.01. The van der Waals surface area contributed by atoms with E-state index in [1.54, 1.807) is 0 Å². The second-order valence-electron chi connectivity index (χ2n) is 6.59. The highest BCUT2D eigenvalue weighted by atomic mass is 35.5. The van der Waals surface area contributed by atoms with Crippen molar-refractivity contribution in [1.29, 1.82) is 0 Å². The fourth-order valence-electron chi connectivity index (χ4n) is 2.91. The molecule has 3 N–H and O–H groups in total. The van der Waals surface area contributed by atoms with Crippen LogP contribution in [0.5, 0.6) is 0 Å². The Balaban J connectivity index is 0.00000220. The number of carbonyl (C=O) groups excluding carboxylic acids is 1. The first kappa shape index (κ1) is 18.0. The summed E-state index contributed by atoms with van der Waals surface area (Å²) < 4.78 is 0. The van der Waals surface area contributed by atoms with Crippen molar-refractivity contribution in [1.82, 2.24) is 5.32 Å². The molecule has 1 amide bonds. The van der Waals surface area contributed by atoms with Crippen molar-refractivity contribution < 1.29 is 4.79 Å². The number of hydrogen-bond donors (Lipinski definition) is 2. The number of carbonyl (C=O) groups is 1. The standard InChI is InChI=1S/C17H26N2O.ClH/c1-17(2,14-8-4-3-5-9-14)12-19-16(20)13-7-6-10-15(18)11-13;/h3-5,8-9,13,15H,6-7,10-12,18H2,1-2H3,(H,19,20);1H. The number of nitrogens with one attached hydrogen (secondary N) is 1. The molecule has 2 atom stereocenters. The fourth-order valence-corrected chi connectivity index (χ4v) is 2.91. The Kier molecular flexibility index (Phi) is 6.69. The van der Waals surface area contributed by atoms with Crippen LogP contribution in [0.4, 0.5) is 0 Å². The molecular weight excluding hydrogens is 284 g/mol. The number of amides is 1. The predicted molar refractivity (Wildman–Crippen MR) is 89.7 cm³/mol. The van der Waals surface area contributed by atoms with E-state index in [2.05, 4.69) is 31.3 Å². The Morgan fingerprint density at radius 2 is 1.95 bits per heavy atom.